The number of hydrogen-bond donors (Lipinski definition) is 3. The summed E-state index contributed by atoms with van der Waals surface area (Å²) in [4.78, 5) is 34.0. The van der Waals surface area contributed by atoms with Crippen LogP contribution in [0, 0.1) is 5.92 Å². The molecule has 3 atom stereocenters. The first-order valence-electron chi connectivity index (χ1n) is 13.1. The largest absolute Gasteiger partial charge is 0.418 e. The molecule has 12 nitrogen and oxygen atoms in total. The minimum Gasteiger partial charge on any atom is -0.382 e. The van der Waals surface area contributed by atoms with Gasteiger partial charge >= 0.3 is 6.18 Å². The third-order valence-electron chi connectivity index (χ3n) is 7.49. The highest BCUT2D eigenvalue weighted by atomic mass is 19.4. The van der Waals surface area contributed by atoms with Crippen molar-refractivity contribution in [2.24, 2.45) is 11.7 Å². The molecule has 1 amide bonds. The summed E-state index contributed by atoms with van der Waals surface area (Å²) in [7, 11) is 0. The molecule has 0 saturated carbocycles. The van der Waals surface area contributed by atoms with Crippen molar-refractivity contribution in [3.05, 3.63) is 47.9 Å². The first-order valence-corrected chi connectivity index (χ1v) is 13.1. The van der Waals surface area contributed by atoms with Gasteiger partial charge in [-0.05, 0) is 24.3 Å². The standard InChI is InChI=1S/C26H28F3N9O3/c27-26(28,29)15-3-4-19(37-6-8-40-9-7-37)35-21(15)16-10-33-23(31)22(34-16)25(39)36-24-17(2-1-5-32-24)38-11-14-13-41-18(12-38)20(14)30/h1-5,10,14,18,20H,6-9,11-13,30H2,(H2,31,33)(H,32,36,39)/t14-,18-,20?/m1/s1. The second-order valence-electron chi connectivity index (χ2n) is 10.1. The maximum Gasteiger partial charge on any atom is 0.418 e. The van der Waals surface area contributed by atoms with Gasteiger partial charge in [-0.25, -0.2) is 19.9 Å². The Kier molecular flexibility index (Phi) is 7.09. The van der Waals surface area contributed by atoms with Gasteiger partial charge in [0.05, 0.1) is 43.4 Å². The minimum atomic E-state index is -4.72. The number of aromatic nitrogens is 4. The van der Waals surface area contributed by atoms with Gasteiger partial charge in [0.25, 0.3) is 5.91 Å². The van der Waals surface area contributed by atoms with Crippen LogP contribution >= 0.6 is 0 Å². The molecule has 3 fully saturated rings. The van der Waals surface area contributed by atoms with Crippen LogP contribution in [-0.2, 0) is 15.7 Å². The number of fused-ring (bicyclic) bond motifs is 2. The van der Waals surface area contributed by atoms with Crippen LogP contribution in [-0.4, -0.2) is 84.0 Å². The molecule has 0 spiro atoms. The van der Waals surface area contributed by atoms with Crippen LogP contribution < -0.4 is 26.6 Å². The van der Waals surface area contributed by atoms with E-state index < -0.39 is 23.3 Å². The van der Waals surface area contributed by atoms with E-state index in [0.29, 0.717) is 57.5 Å². The number of carbonyl (C=O) groups excluding carboxylic acids is 1. The molecule has 3 aromatic rings. The number of carbonyl (C=O) groups is 1. The number of hydrogen-bond acceptors (Lipinski definition) is 11. The summed E-state index contributed by atoms with van der Waals surface area (Å²) < 4.78 is 53.1. The summed E-state index contributed by atoms with van der Waals surface area (Å²) >= 11 is 0. The van der Waals surface area contributed by atoms with Crippen molar-refractivity contribution in [3.63, 3.8) is 0 Å². The van der Waals surface area contributed by atoms with Crippen molar-refractivity contribution < 1.29 is 27.4 Å². The van der Waals surface area contributed by atoms with Gasteiger partial charge in [0.2, 0.25) is 0 Å². The molecule has 0 aromatic carbocycles. The maximum atomic E-state index is 14.0. The van der Waals surface area contributed by atoms with Crippen molar-refractivity contribution in [2.45, 2.75) is 18.3 Å². The normalized spacial score (nSPS) is 22.6. The number of rotatable bonds is 5. The van der Waals surface area contributed by atoms with E-state index in [0.717, 1.165) is 12.3 Å². The van der Waals surface area contributed by atoms with Crippen molar-refractivity contribution in [2.75, 3.05) is 66.8 Å². The fourth-order valence-corrected chi connectivity index (χ4v) is 5.33. The molecule has 2 bridgehead atoms. The van der Waals surface area contributed by atoms with Gasteiger partial charge in [0, 0.05) is 44.3 Å². The lowest BCUT2D eigenvalue weighted by molar-refractivity contribution is -0.137. The third-order valence-corrected chi connectivity index (χ3v) is 7.49. The zero-order chi connectivity index (χ0) is 28.7. The Balaban J connectivity index is 1.31. The Bertz CT molecular complexity index is 1440. The number of nitrogens with one attached hydrogen (secondary N) is 1. The smallest absolute Gasteiger partial charge is 0.382 e. The molecule has 1 unspecified atom stereocenters. The summed E-state index contributed by atoms with van der Waals surface area (Å²) in [6.45, 7) is 3.51. The topological polar surface area (TPSA) is 158 Å². The minimum absolute atomic E-state index is 0.0595. The molecule has 3 aliphatic heterocycles. The van der Waals surface area contributed by atoms with E-state index in [4.69, 9.17) is 20.9 Å². The van der Waals surface area contributed by atoms with Crippen LogP contribution in [0.4, 0.5) is 36.3 Å². The van der Waals surface area contributed by atoms with E-state index in [1.807, 2.05) is 9.80 Å². The van der Waals surface area contributed by atoms with Gasteiger partial charge in [-0.15, -0.1) is 0 Å². The van der Waals surface area contributed by atoms with Gasteiger partial charge in [-0.1, -0.05) is 0 Å². The summed E-state index contributed by atoms with van der Waals surface area (Å²) in [6.07, 6.45) is -2.27. The summed E-state index contributed by atoms with van der Waals surface area (Å²) in [5.41, 5.74) is 10.8. The summed E-state index contributed by atoms with van der Waals surface area (Å²) in [6, 6.07) is 5.75. The van der Waals surface area contributed by atoms with E-state index in [1.54, 1.807) is 12.1 Å². The first kappa shape index (κ1) is 27.1. The number of nitrogen functional groups attached to an aromatic ring is 1. The molecular weight excluding hydrogens is 543 g/mol. The number of pyridine rings is 2. The van der Waals surface area contributed by atoms with Crippen molar-refractivity contribution >= 4 is 29.0 Å². The van der Waals surface area contributed by atoms with Crippen LogP contribution in [0.1, 0.15) is 16.1 Å². The molecule has 15 heteroatoms. The van der Waals surface area contributed by atoms with E-state index in [-0.39, 0.29) is 41.1 Å². The van der Waals surface area contributed by atoms with E-state index in [1.165, 1.54) is 12.3 Å². The molecule has 6 rings (SSSR count). The Morgan fingerprint density at radius 2 is 1.88 bits per heavy atom. The van der Waals surface area contributed by atoms with Gasteiger partial charge < -0.3 is 36.1 Å². The third kappa shape index (κ3) is 5.35. The first-order chi connectivity index (χ1) is 19.7. The fourth-order valence-electron chi connectivity index (χ4n) is 5.33. The average Bonchev–Trinajstić information content (AvgIpc) is 3.16. The SMILES string of the molecule is Nc1ncc(-c2nc(N3CCOCC3)ccc2C(F)(F)F)nc1C(=O)Nc1ncccc1N1C[C@@H]2CO[C@H](C1)C2N. The molecule has 216 valence electrons. The lowest BCUT2D eigenvalue weighted by atomic mass is 9.94. The van der Waals surface area contributed by atoms with Crippen LogP contribution in [0.15, 0.2) is 36.7 Å². The van der Waals surface area contributed by atoms with Gasteiger partial charge in [0.15, 0.2) is 17.3 Å². The molecular formula is C26H28F3N9O3. The molecule has 0 aliphatic carbocycles. The number of nitrogens with zero attached hydrogens (tertiary/aromatic N) is 6. The second kappa shape index (κ2) is 10.7. The van der Waals surface area contributed by atoms with Crippen LogP contribution in [0.5, 0.6) is 0 Å². The summed E-state index contributed by atoms with van der Waals surface area (Å²) in [5, 5.41) is 2.70. The second-order valence-corrected chi connectivity index (χ2v) is 10.1. The van der Waals surface area contributed by atoms with Gasteiger partial charge in [-0.3, -0.25) is 4.79 Å². The predicted molar refractivity (Wildman–Crippen MR) is 143 cm³/mol. The van der Waals surface area contributed by atoms with Crippen LogP contribution in [0.2, 0.25) is 0 Å². The molecule has 6 heterocycles. The van der Waals surface area contributed by atoms with E-state index in [2.05, 4.69) is 25.3 Å². The van der Waals surface area contributed by atoms with Crippen molar-refractivity contribution in [3.8, 4) is 11.4 Å². The molecule has 3 saturated heterocycles. The van der Waals surface area contributed by atoms with Crippen LogP contribution in [0.3, 0.4) is 0 Å². The highest BCUT2D eigenvalue weighted by Crippen LogP contribution is 2.37. The Morgan fingerprint density at radius 3 is 2.63 bits per heavy atom. The Labute approximate surface area is 232 Å². The quantitative estimate of drug-likeness (QED) is 0.410. The molecule has 3 aromatic heterocycles. The molecule has 41 heavy (non-hydrogen) atoms. The van der Waals surface area contributed by atoms with E-state index in [9.17, 15) is 18.0 Å². The van der Waals surface area contributed by atoms with E-state index >= 15 is 0 Å². The zero-order valence-electron chi connectivity index (χ0n) is 21.8. The number of nitrogens with two attached hydrogens (primary N) is 2. The van der Waals surface area contributed by atoms with Crippen LogP contribution in [0.25, 0.3) is 11.4 Å². The number of piperidine rings is 1. The lowest BCUT2D eigenvalue weighted by Gasteiger charge is -2.36. The number of morpholine rings is 1. The number of alkyl halides is 3. The van der Waals surface area contributed by atoms with Gasteiger partial charge in [0.1, 0.15) is 17.2 Å². The number of amides is 1. The maximum absolute atomic E-state index is 14.0. The Hall–Kier alpha value is -4.08. The monoisotopic (exact) mass is 571 g/mol. The van der Waals surface area contributed by atoms with Gasteiger partial charge in [-0.2, -0.15) is 13.2 Å². The average molecular weight is 572 g/mol. The lowest BCUT2D eigenvalue weighted by Crippen LogP contribution is -2.52. The highest BCUT2D eigenvalue weighted by Gasteiger charge is 2.42. The Morgan fingerprint density at radius 1 is 1.07 bits per heavy atom. The highest BCUT2D eigenvalue weighted by molar-refractivity contribution is 6.06. The molecule has 3 aliphatic rings. The number of anilines is 4. The van der Waals surface area contributed by atoms with Crippen molar-refractivity contribution in [1.29, 1.82) is 0 Å². The number of ether oxygens (including phenoxy) is 2. The predicted octanol–water partition coefficient (Wildman–Crippen LogP) is 1.79. The molecule has 0 radical (unpaired) electrons. The zero-order valence-corrected chi connectivity index (χ0v) is 21.8. The molecule has 5 N–H and O–H groups in total. The fraction of sp³-hybridized carbons (Fsp3) is 0.423. The summed E-state index contributed by atoms with van der Waals surface area (Å²) in [5.74, 6) is -0.320. The number of halogens is 3. The van der Waals surface area contributed by atoms with Crippen molar-refractivity contribution in [1.82, 2.24) is 19.9 Å².